The van der Waals surface area contributed by atoms with Gasteiger partial charge in [0.05, 0.1) is 18.7 Å². The van der Waals surface area contributed by atoms with Crippen molar-refractivity contribution < 1.29 is 18.3 Å². The number of ether oxygens (including phenoxy) is 1. The first-order valence-electron chi connectivity index (χ1n) is 8.85. The van der Waals surface area contributed by atoms with Crippen molar-refractivity contribution in [1.82, 2.24) is 24.8 Å². The predicted molar refractivity (Wildman–Crippen MR) is 93.1 cm³/mol. The average molecular weight is 377 g/mol. The zero-order valence-corrected chi connectivity index (χ0v) is 14.8. The van der Waals surface area contributed by atoms with Crippen LogP contribution in [0.25, 0.3) is 11.3 Å². The Hall–Kier alpha value is -2.55. The van der Waals surface area contributed by atoms with Crippen molar-refractivity contribution in [2.75, 3.05) is 26.3 Å². The van der Waals surface area contributed by atoms with Crippen LogP contribution in [-0.4, -0.2) is 63.5 Å². The summed E-state index contributed by atoms with van der Waals surface area (Å²) in [4.78, 5) is 30.9. The van der Waals surface area contributed by atoms with E-state index in [1.165, 1.54) is 6.33 Å². The van der Waals surface area contributed by atoms with E-state index in [9.17, 15) is 13.6 Å². The number of nitrogens with zero attached hydrogens (tertiary/aromatic N) is 5. The second-order valence-electron chi connectivity index (χ2n) is 6.30. The molecule has 0 radical (unpaired) electrons. The number of carbonyl (C=O) groups excluding carboxylic acids is 1. The van der Waals surface area contributed by atoms with E-state index in [2.05, 4.69) is 19.9 Å². The molecule has 1 fully saturated rings. The van der Waals surface area contributed by atoms with E-state index < -0.39 is 13.0 Å². The molecule has 0 N–H and O–H groups in total. The molecule has 1 saturated heterocycles. The van der Waals surface area contributed by atoms with Crippen molar-refractivity contribution in [3.63, 3.8) is 0 Å². The molecule has 144 valence electrons. The maximum Gasteiger partial charge on any atom is 0.261 e. The van der Waals surface area contributed by atoms with Gasteiger partial charge in [0.25, 0.3) is 6.43 Å². The van der Waals surface area contributed by atoms with Gasteiger partial charge in [0.1, 0.15) is 18.8 Å². The van der Waals surface area contributed by atoms with Crippen LogP contribution in [0.4, 0.5) is 8.78 Å². The van der Waals surface area contributed by atoms with E-state index in [-0.39, 0.29) is 24.9 Å². The number of halogens is 2. The Morgan fingerprint density at radius 1 is 1.26 bits per heavy atom. The highest BCUT2D eigenvalue weighted by Crippen LogP contribution is 2.27. The number of hydrogen-bond acceptors (Lipinski definition) is 6. The Morgan fingerprint density at radius 3 is 2.70 bits per heavy atom. The van der Waals surface area contributed by atoms with E-state index >= 15 is 0 Å². The molecule has 2 aromatic heterocycles. The molecule has 1 aliphatic heterocycles. The maximum absolute atomic E-state index is 12.1. The lowest BCUT2D eigenvalue weighted by molar-refractivity contribution is -0.133. The molecule has 0 bridgehead atoms. The average Bonchev–Trinajstić information content (AvgIpc) is 2.72. The van der Waals surface area contributed by atoms with Crippen LogP contribution in [0.2, 0.25) is 0 Å². The molecule has 1 aliphatic rings. The van der Waals surface area contributed by atoms with Gasteiger partial charge in [-0.05, 0) is 18.9 Å². The van der Waals surface area contributed by atoms with Gasteiger partial charge in [-0.15, -0.1) is 0 Å². The van der Waals surface area contributed by atoms with Gasteiger partial charge in [0.15, 0.2) is 0 Å². The molecule has 0 spiro atoms. The van der Waals surface area contributed by atoms with Crippen LogP contribution in [0.1, 0.15) is 31.0 Å². The fourth-order valence-corrected chi connectivity index (χ4v) is 3.04. The SMILES string of the molecule is O=C(CCOCC(F)F)N1CCC(c2nccc(-c3cncnc3)n2)CC1. The summed E-state index contributed by atoms with van der Waals surface area (Å²) in [6.07, 6.45) is 5.75. The lowest BCUT2D eigenvalue weighted by Crippen LogP contribution is -2.38. The minimum absolute atomic E-state index is 0.0212. The molecule has 3 heterocycles. The quantitative estimate of drug-likeness (QED) is 0.689. The normalized spacial score (nSPS) is 15.3. The first-order valence-corrected chi connectivity index (χ1v) is 8.85. The van der Waals surface area contributed by atoms with Crippen LogP contribution in [0.3, 0.4) is 0 Å². The third kappa shape index (κ3) is 5.46. The third-order valence-corrected chi connectivity index (χ3v) is 4.45. The van der Waals surface area contributed by atoms with E-state index in [0.29, 0.717) is 13.1 Å². The van der Waals surface area contributed by atoms with Gasteiger partial charge in [0.2, 0.25) is 5.91 Å². The molecular weight excluding hydrogens is 356 g/mol. The number of hydrogen-bond donors (Lipinski definition) is 0. The molecule has 0 aliphatic carbocycles. The predicted octanol–water partition coefficient (Wildman–Crippen LogP) is 2.31. The highest BCUT2D eigenvalue weighted by Gasteiger charge is 2.25. The number of aromatic nitrogens is 4. The summed E-state index contributed by atoms with van der Waals surface area (Å²) in [6, 6.07) is 1.82. The molecule has 0 aromatic carbocycles. The van der Waals surface area contributed by atoms with Gasteiger partial charge in [-0.25, -0.2) is 28.7 Å². The summed E-state index contributed by atoms with van der Waals surface area (Å²) < 4.78 is 28.8. The van der Waals surface area contributed by atoms with Gasteiger partial charge in [-0.2, -0.15) is 0 Å². The monoisotopic (exact) mass is 377 g/mol. The molecular formula is C18H21F2N5O2. The van der Waals surface area contributed by atoms with Gasteiger partial charge < -0.3 is 9.64 Å². The molecule has 0 unspecified atom stereocenters. The number of carbonyl (C=O) groups is 1. The van der Waals surface area contributed by atoms with E-state index in [0.717, 1.165) is 29.9 Å². The highest BCUT2D eigenvalue weighted by atomic mass is 19.3. The summed E-state index contributed by atoms with van der Waals surface area (Å²) in [5.74, 6) is 0.858. The van der Waals surface area contributed by atoms with Crippen molar-refractivity contribution in [3.05, 3.63) is 36.8 Å². The van der Waals surface area contributed by atoms with Gasteiger partial charge in [-0.3, -0.25) is 4.79 Å². The van der Waals surface area contributed by atoms with Crippen molar-refractivity contribution in [1.29, 1.82) is 0 Å². The van der Waals surface area contributed by atoms with E-state index in [1.807, 2.05) is 6.07 Å². The largest absolute Gasteiger partial charge is 0.375 e. The molecule has 0 atom stereocenters. The topological polar surface area (TPSA) is 81.1 Å². The van der Waals surface area contributed by atoms with Crippen LogP contribution in [0.15, 0.2) is 31.0 Å². The minimum atomic E-state index is -2.51. The Balaban J connectivity index is 1.51. The van der Waals surface area contributed by atoms with Gasteiger partial charge >= 0.3 is 0 Å². The molecule has 27 heavy (non-hydrogen) atoms. The number of amides is 1. The molecule has 3 rings (SSSR count). The van der Waals surface area contributed by atoms with Crippen LogP contribution in [0, 0.1) is 0 Å². The highest BCUT2D eigenvalue weighted by molar-refractivity contribution is 5.76. The fraction of sp³-hybridized carbons (Fsp3) is 0.500. The van der Waals surface area contributed by atoms with Gasteiger partial charge in [0, 0.05) is 43.2 Å². The van der Waals surface area contributed by atoms with Crippen molar-refractivity contribution in [2.45, 2.75) is 31.6 Å². The number of likely N-dealkylation sites (tertiary alicyclic amines) is 1. The summed E-state index contributed by atoms with van der Waals surface area (Å²) in [5.41, 5.74) is 1.60. The Bertz CT molecular complexity index is 740. The lowest BCUT2D eigenvalue weighted by Gasteiger charge is -2.31. The maximum atomic E-state index is 12.1. The molecule has 1 amide bonds. The second-order valence-corrected chi connectivity index (χ2v) is 6.30. The summed E-state index contributed by atoms with van der Waals surface area (Å²) in [5, 5.41) is 0. The smallest absolute Gasteiger partial charge is 0.261 e. The fourth-order valence-electron chi connectivity index (χ4n) is 3.04. The first kappa shape index (κ1) is 19.2. The summed E-state index contributed by atoms with van der Waals surface area (Å²) in [7, 11) is 0. The molecule has 7 nitrogen and oxygen atoms in total. The van der Waals surface area contributed by atoms with E-state index in [4.69, 9.17) is 4.74 Å². The number of piperidine rings is 1. The standard InChI is InChI=1S/C18H21F2N5O2/c19-16(20)11-27-8-4-17(26)25-6-2-13(3-7-25)18-23-5-1-15(24-18)14-9-21-12-22-10-14/h1,5,9-10,12-13,16H,2-4,6-8,11H2. The molecule has 2 aromatic rings. The Labute approximate surface area is 155 Å². The Kier molecular flexibility index (Phi) is 6.69. The van der Waals surface area contributed by atoms with Crippen LogP contribution in [-0.2, 0) is 9.53 Å². The summed E-state index contributed by atoms with van der Waals surface area (Å²) >= 11 is 0. The zero-order valence-electron chi connectivity index (χ0n) is 14.8. The van der Waals surface area contributed by atoms with Crippen LogP contribution >= 0.6 is 0 Å². The van der Waals surface area contributed by atoms with Crippen LogP contribution < -0.4 is 0 Å². The molecule has 0 saturated carbocycles. The van der Waals surface area contributed by atoms with Crippen molar-refractivity contribution in [3.8, 4) is 11.3 Å². The number of alkyl halides is 2. The first-order chi connectivity index (χ1) is 13.1. The Morgan fingerprint density at radius 2 is 2.00 bits per heavy atom. The third-order valence-electron chi connectivity index (χ3n) is 4.45. The molecule has 9 heteroatoms. The van der Waals surface area contributed by atoms with Crippen molar-refractivity contribution >= 4 is 5.91 Å². The second kappa shape index (κ2) is 9.40. The van der Waals surface area contributed by atoms with Gasteiger partial charge in [-0.1, -0.05) is 0 Å². The van der Waals surface area contributed by atoms with E-state index in [1.54, 1.807) is 23.5 Å². The minimum Gasteiger partial charge on any atom is -0.375 e. The van der Waals surface area contributed by atoms with Crippen LogP contribution in [0.5, 0.6) is 0 Å². The summed E-state index contributed by atoms with van der Waals surface area (Å²) in [6.45, 7) is 0.587. The van der Waals surface area contributed by atoms with Crippen molar-refractivity contribution in [2.24, 2.45) is 0 Å². The number of rotatable bonds is 7. The zero-order chi connectivity index (χ0) is 19.1. The lowest BCUT2D eigenvalue weighted by atomic mass is 9.95.